The molecule has 0 fully saturated rings. The Morgan fingerprint density at radius 1 is 1.64 bits per heavy atom. The van der Waals surface area contributed by atoms with Gasteiger partial charge in [-0.3, -0.25) is 0 Å². The first-order valence-electron chi connectivity index (χ1n) is 4.41. The molecule has 1 aromatic rings. The molecule has 3 nitrogen and oxygen atoms in total. The summed E-state index contributed by atoms with van der Waals surface area (Å²) in [5.74, 6) is 0. The van der Waals surface area contributed by atoms with Crippen LogP contribution in [0.25, 0.3) is 0 Å². The number of ether oxygens (including phenoxy) is 1. The SMILES string of the molecule is CC=CCOCc1cccnc1C#N. The fourth-order valence-electron chi connectivity index (χ4n) is 0.989. The predicted octanol–water partition coefficient (Wildman–Crippen LogP) is 2.05. The zero-order chi connectivity index (χ0) is 10.2. The lowest BCUT2D eigenvalue weighted by molar-refractivity contribution is 0.148. The van der Waals surface area contributed by atoms with Crippen molar-refractivity contribution in [3.05, 3.63) is 41.7 Å². The number of aromatic nitrogens is 1. The predicted molar refractivity (Wildman–Crippen MR) is 53.4 cm³/mol. The van der Waals surface area contributed by atoms with Gasteiger partial charge in [-0.05, 0) is 13.0 Å². The van der Waals surface area contributed by atoms with Crippen molar-refractivity contribution in [3.63, 3.8) is 0 Å². The molecular formula is C11H12N2O. The quantitative estimate of drug-likeness (QED) is 0.536. The van der Waals surface area contributed by atoms with Crippen LogP contribution >= 0.6 is 0 Å². The summed E-state index contributed by atoms with van der Waals surface area (Å²) in [5.41, 5.74) is 1.27. The van der Waals surface area contributed by atoms with E-state index in [-0.39, 0.29) is 0 Å². The van der Waals surface area contributed by atoms with Crippen LogP contribution in [0.1, 0.15) is 18.2 Å². The average molecular weight is 188 g/mol. The number of nitriles is 1. The van der Waals surface area contributed by atoms with Gasteiger partial charge in [0, 0.05) is 11.8 Å². The number of hydrogen-bond acceptors (Lipinski definition) is 3. The third kappa shape index (κ3) is 3.00. The lowest BCUT2D eigenvalue weighted by atomic mass is 10.2. The summed E-state index contributed by atoms with van der Waals surface area (Å²) in [5, 5.41) is 8.74. The van der Waals surface area contributed by atoms with Gasteiger partial charge >= 0.3 is 0 Å². The molecule has 0 N–H and O–H groups in total. The Balaban J connectivity index is 2.54. The van der Waals surface area contributed by atoms with Crippen LogP contribution in [0.15, 0.2) is 30.5 Å². The van der Waals surface area contributed by atoms with Gasteiger partial charge in [0.1, 0.15) is 11.8 Å². The van der Waals surface area contributed by atoms with Crippen molar-refractivity contribution in [1.29, 1.82) is 5.26 Å². The third-order valence-corrected chi connectivity index (χ3v) is 1.70. The molecule has 72 valence electrons. The molecule has 0 atom stereocenters. The first-order valence-corrected chi connectivity index (χ1v) is 4.41. The minimum absolute atomic E-state index is 0.432. The average Bonchev–Trinajstić information content (AvgIpc) is 2.25. The molecular weight excluding hydrogens is 176 g/mol. The van der Waals surface area contributed by atoms with E-state index in [1.165, 1.54) is 0 Å². The van der Waals surface area contributed by atoms with Crippen molar-refractivity contribution < 1.29 is 4.74 Å². The smallest absolute Gasteiger partial charge is 0.145 e. The maximum atomic E-state index is 8.74. The molecule has 0 aromatic carbocycles. The van der Waals surface area contributed by atoms with Crippen molar-refractivity contribution in [3.8, 4) is 6.07 Å². The van der Waals surface area contributed by atoms with E-state index in [2.05, 4.69) is 4.98 Å². The summed E-state index contributed by atoms with van der Waals surface area (Å²) in [6.07, 6.45) is 5.45. The largest absolute Gasteiger partial charge is 0.373 e. The molecule has 0 aliphatic rings. The second-order valence-electron chi connectivity index (χ2n) is 2.71. The molecule has 0 radical (unpaired) electrons. The molecule has 0 spiro atoms. The molecule has 0 aliphatic carbocycles. The Hall–Kier alpha value is -1.66. The summed E-state index contributed by atoms with van der Waals surface area (Å²) < 4.78 is 5.32. The number of allylic oxidation sites excluding steroid dienone is 1. The molecule has 1 heterocycles. The molecule has 0 saturated heterocycles. The lowest BCUT2D eigenvalue weighted by Crippen LogP contribution is -1.97. The van der Waals surface area contributed by atoms with Gasteiger partial charge in [0.05, 0.1) is 13.2 Å². The standard InChI is InChI=1S/C11H12N2O/c1-2-3-7-14-9-10-5-4-6-13-11(10)8-12/h2-6H,7,9H2,1H3. The lowest BCUT2D eigenvalue weighted by Gasteiger charge is -2.02. The van der Waals surface area contributed by atoms with Crippen molar-refractivity contribution >= 4 is 0 Å². The van der Waals surface area contributed by atoms with E-state index in [1.807, 2.05) is 31.2 Å². The highest BCUT2D eigenvalue weighted by Crippen LogP contribution is 2.05. The zero-order valence-corrected chi connectivity index (χ0v) is 8.10. The molecule has 3 heteroatoms. The highest BCUT2D eigenvalue weighted by atomic mass is 16.5. The molecule has 0 bridgehead atoms. The number of rotatable bonds is 4. The van der Waals surface area contributed by atoms with Gasteiger partial charge in [0.15, 0.2) is 0 Å². The molecule has 0 saturated carbocycles. The highest BCUT2D eigenvalue weighted by Gasteiger charge is 2.00. The number of hydrogen-bond donors (Lipinski definition) is 0. The van der Waals surface area contributed by atoms with Crippen LogP contribution in [-0.4, -0.2) is 11.6 Å². The van der Waals surface area contributed by atoms with Crippen molar-refractivity contribution in [2.45, 2.75) is 13.5 Å². The van der Waals surface area contributed by atoms with Gasteiger partial charge in [-0.2, -0.15) is 5.26 Å². The first kappa shape index (κ1) is 10.4. The van der Waals surface area contributed by atoms with E-state index in [1.54, 1.807) is 12.3 Å². The zero-order valence-electron chi connectivity index (χ0n) is 8.10. The maximum absolute atomic E-state index is 8.74. The highest BCUT2D eigenvalue weighted by molar-refractivity contribution is 5.29. The summed E-state index contributed by atoms with van der Waals surface area (Å²) in [7, 11) is 0. The molecule has 14 heavy (non-hydrogen) atoms. The molecule has 0 aliphatic heterocycles. The fraction of sp³-hybridized carbons (Fsp3) is 0.273. The van der Waals surface area contributed by atoms with Gasteiger partial charge in [0.25, 0.3) is 0 Å². The summed E-state index contributed by atoms with van der Waals surface area (Å²) in [4.78, 5) is 3.94. The van der Waals surface area contributed by atoms with Crippen molar-refractivity contribution in [2.24, 2.45) is 0 Å². The number of nitrogens with zero attached hydrogens (tertiary/aromatic N) is 2. The second kappa shape index (κ2) is 5.90. The van der Waals surface area contributed by atoms with Gasteiger partial charge < -0.3 is 4.74 Å². The Morgan fingerprint density at radius 3 is 3.21 bits per heavy atom. The normalized spacial score (nSPS) is 10.3. The van der Waals surface area contributed by atoms with E-state index < -0.39 is 0 Å². The topological polar surface area (TPSA) is 45.9 Å². The van der Waals surface area contributed by atoms with Gasteiger partial charge in [-0.15, -0.1) is 0 Å². The minimum atomic E-state index is 0.432. The van der Waals surface area contributed by atoms with Crippen LogP contribution in [0.4, 0.5) is 0 Å². The molecule has 1 rings (SSSR count). The van der Waals surface area contributed by atoms with Crippen LogP contribution in [0.2, 0.25) is 0 Å². The van der Waals surface area contributed by atoms with E-state index in [0.717, 1.165) is 5.56 Å². The number of pyridine rings is 1. The van der Waals surface area contributed by atoms with E-state index in [0.29, 0.717) is 18.9 Å². The van der Waals surface area contributed by atoms with Gasteiger partial charge in [-0.25, -0.2) is 4.98 Å². The summed E-state index contributed by atoms with van der Waals surface area (Å²) in [6, 6.07) is 5.68. The first-order chi connectivity index (χ1) is 6.88. The summed E-state index contributed by atoms with van der Waals surface area (Å²) >= 11 is 0. The van der Waals surface area contributed by atoms with E-state index >= 15 is 0 Å². The molecule has 1 aromatic heterocycles. The Labute approximate surface area is 83.7 Å². The monoisotopic (exact) mass is 188 g/mol. The van der Waals surface area contributed by atoms with Crippen molar-refractivity contribution in [1.82, 2.24) is 4.98 Å². The van der Waals surface area contributed by atoms with E-state index in [4.69, 9.17) is 10.00 Å². The van der Waals surface area contributed by atoms with Gasteiger partial charge in [0.2, 0.25) is 0 Å². The molecule has 0 amide bonds. The van der Waals surface area contributed by atoms with Crippen LogP contribution < -0.4 is 0 Å². The third-order valence-electron chi connectivity index (χ3n) is 1.70. The Kier molecular flexibility index (Phi) is 4.39. The Bertz CT molecular complexity index is 353. The van der Waals surface area contributed by atoms with E-state index in [9.17, 15) is 0 Å². The second-order valence-corrected chi connectivity index (χ2v) is 2.71. The minimum Gasteiger partial charge on any atom is -0.373 e. The van der Waals surface area contributed by atoms with Crippen LogP contribution in [0, 0.1) is 11.3 Å². The van der Waals surface area contributed by atoms with Crippen LogP contribution in [-0.2, 0) is 11.3 Å². The van der Waals surface area contributed by atoms with Crippen LogP contribution in [0.3, 0.4) is 0 Å². The molecule has 0 unspecified atom stereocenters. The van der Waals surface area contributed by atoms with Gasteiger partial charge in [-0.1, -0.05) is 18.2 Å². The fourth-order valence-corrected chi connectivity index (χ4v) is 0.989. The maximum Gasteiger partial charge on any atom is 0.145 e. The Morgan fingerprint density at radius 2 is 2.50 bits per heavy atom. The van der Waals surface area contributed by atoms with Crippen molar-refractivity contribution in [2.75, 3.05) is 6.61 Å². The summed E-state index contributed by atoms with van der Waals surface area (Å²) in [6.45, 7) is 2.94. The van der Waals surface area contributed by atoms with Crippen LogP contribution in [0.5, 0.6) is 0 Å².